The van der Waals surface area contributed by atoms with Gasteiger partial charge in [-0.1, -0.05) is 13.8 Å². The van der Waals surface area contributed by atoms with Gasteiger partial charge in [0.1, 0.15) is 6.10 Å². The van der Waals surface area contributed by atoms with E-state index in [1.165, 1.54) is 0 Å². The van der Waals surface area contributed by atoms with Gasteiger partial charge in [0, 0.05) is 12.4 Å². The molecule has 2 unspecified atom stereocenters. The lowest BCUT2D eigenvalue weighted by Crippen LogP contribution is -2.40. The standard InChI is InChI=1S/C12H22ClNO2/c1-9-4-5-10(16-9)11(15)14-8-12(2,3)6-7-13/h9-10H,4-8H2,1-3H3,(H,14,15). The Morgan fingerprint density at radius 3 is 2.69 bits per heavy atom. The van der Waals surface area contributed by atoms with Crippen LogP contribution in [-0.4, -0.2) is 30.5 Å². The molecule has 0 saturated carbocycles. The third-order valence-electron chi connectivity index (χ3n) is 3.04. The molecule has 0 radical (unpaired) electrons. The summed E-state index contributed by atoms with van der Waals surface area (Å²) >= 11 is 5.71. The van der Waals surface area contributed by atoms with Crippen molar-refractivity contribution in [3.8, 4) is 0 Å². The number of rotatable bonds is 5. The maximum Gasteiger partial charge on any atom is 0.249 e. The van der Waals surface area contributed by atoms with Crippen LogP contribution >= 0.6 is 11.6 Å². The molecule has 1 aliphatic rings. The van der Waals surface area contributed by atoms with Gasteiger partial charge in [0.2, 0.25) is 5.91 Å². The van der Waals surface area contributed by atoms with Crippen molar-refractivity contribution in [3.05, 3.63) is 0 Å². The van der Waals surface area contributed by atoms with Crippen molar-refractivity contribution < 1.29 is 9.53 Å². The number of amides is 1. The van der Waals surface area contributed by atoms with E-state index in [2.05, 4.69) is 19.2 Å². The van der Waals surface area contributed by atoms with E-state index in [4.69, 9.17) is 16.3 Å². The van der Waals surface area contributed by atoms with Gasteiger partial charge in [-0.25, -0.2) is 0 Å². The van der Waals surface area contributed by atoms with Gasteiger partial charge in [-0.2, -0.15) is 0 Å². The van der Waals surface area contributed by atoms with Gasteiger partial charge in [0.25, 0.3) is 0 Å². The smallest absolute Gasteiger partial charge is 0.249 e. The summed E-state index contributed by atoms with van der Waals surface area (Å²) in [6, 6.07) is 0. The molecule has 16 heavy (non-hydrogen) atoms. The van der Waals surface area contributed by atoms with Crippen molar-refractivity contribution in [2.24, 2.45) is 5.41 Å². The first-order valence-electron chi connectivity index (χ1n) is 5.94. The second-order valence-electron chi connectivity index (χ2n) is 5.33. The molecule has 0 aromatic carbocycles. The number of hydrogen-bond donors (Lipinski definition) is 1. The van der Waals surface area contributed by atoms with Crippen molar-refractivity contribution in [2.45, 2.75) is 52.2 Å². The molecule has 0 spiro atoms. The van der Waals surface area contributed by atoms with E-state index in [1.54, 1.807) is 0 Å². The molecule has 4 heteroatoms. The summed E-state index contributed by atoms with van der Waals surface area (Å²) in [6.45, 7) is 6.87. The molecule has 0 aromatic heterocycles. The molecule has 1 saturated heterocycles. The van der Waals surface area contributed by atoms with E-state index in [9.17, 15) is 4.79 Å². The number of ether oxygens (including phenoxy) is 1. The summed E-state index contributed by atoms with van der Waals surface area (Å²) in [5.74, 6) is 0.645. The average molecular weight is 248 g/mol. The molecule has 1 heterocycles. The SMILES string of the molecule is CC1CCC(C(=O)NCC(C)(C)CCCl)O1. The van der Waals surface area contributed by atoms with Gasteiger partial charge in [-0.05, 0) is 31.6 Å². The highest BCUT2D eigenvalue weighted by Gasteiger charge is 2.29. The summed E-state index contributed by atoms with van der Waals surface area (Å²) in [5.41, 5.74) is 0.0572. The van der Waals surface area contributed by atoms with Gasteiger partial charge in [0.15, 0.2) is 0 Å². The lowest BCUT2D eigenvalue weighted by Gasteiger charge is -2.24. The molecule has 0 aliphatic carbocycles. The van der Waals surface area contributed by atoms with Crippen LogP contribution in [0.3, 0.4) is 0 Å². The molecule has 1 fully saturated rings. The van der Waals surface area contributed by atoms with E-state index in [1.807, 2.05) is 6.92 Å². The highest BCUT2D eigenvalue weighted by molar-refractivity contribution is 6.17. The highest BCUT2D eigenvalue weighted by atomic mass is 35.5. The molecular weight excluding hydrogens is 226 g/mol. The van der Waals surface area contributed by atoms with Gasteiger partial charge < -0.3 is 10.1 Å². The van der Waals surface area contributed by atoms with E-state index < -0.39 is 0 Å². The van der Waals surface area contributed by atoms with Crippen LogP contribution in [0.1, 0.15) is 40.0 Å². The summed E-state index contributed by atoms with van der Waals surface area (Å²) in [6.07, 6.45) is 2.68. The van der Waals surface area contributed by atoms with Crippen molar-refractivity contribution in [1.29, 1.82) is 0 Å². The van der Waals surface area contributed by atoms with Gasteiger partial charge in [-0.15, -0.1) is 11.6 Å². The second kappa shape index (κ2) is 5.87. The fourth-order valence-corrected chi connectivity index (χ4v) is 2.29. The molecular formula is C12H22ClNO2. The first-order valence-corrected chi connectivity index (χ1v) is 6.47. The van der Waals surface area contributed by atoms with Crippen molar-refractivity contribution in [3.63, 3.8) is 0 Å². The Hall–Kier alpha value is -0.280. The predicted molar refractivity (Wildman–Crippen MR) is 65.7 cm³/mol. The first kappa shape index (κ1) is 13.8. The number of hydrogen-bond acceptors (Lipinski definition) is 2. The van der Waals surface area contributed by atoms with E-state index in [-0.39, 0.29) is 23.5 Å². The Balaban J connectivity index is 2.29. The molecule has 0 bridgehead atoms. The Morgan fingerprint density at radius 2 is 2.19 bits per heavy atom. The molecule has 2 atom stereocenters. The van der Waals surface area contributed by atoms with Crippen LogP contribution in [0.2, 0.25) is 0 Å². The minimum Gasteiger partial charge on any atom is -0.365 e. The van der Waals surface area contributed by atoms with Crippen molar-refractivity contribution in [1.82, 2.24) is 5.32 Å². The molecule has 94 valence electrons. The third kappa shape index (κ3) is 4.30. The zero-order valence-corrected chi connectivity index (χ0v) is 11.1. The van der Waals surface area contributed by atoms with Crippen LogP contribution in [0.25, 0.3) is 0 Å². The largest absolute Gasteiger partial charge is 0.365 e. The topological polar surface area (TPSA) is 38.3 Å². The number of nitrogens with one attached hydrogen (secondary N) is 1. The third-order valence-corrected chi connectivity index (χ3v) is 3.23. The Morgan fingerprint density at radius 1 is 1.50 bits per heavy atom. The number of halogens is 1. The number of carbonyl (C=O) groups excluding carboxylic acids is 1. The van der Waals surface area contributed by atoms with Crippen LogP contribution in [0.15, 0.2) is 0 Å². The Labute approximate surface area is 103 Å². The monoisotopic (exact) mass is 247 g/mol. The predicted octanol–water partition coefficient (Wildman–Crippen LogP) is 2.33. The lowest BCUT2D eigenvalue weighted by molar-refractivity contribution is -0.132. The average Bonchev–Trinajstić information content (AvgIpc) is 2.61. The summed E-state index contributed by atoms with van der Waals surface area (Å²) in [7, 11) is 0. The van der Waals surface area contributed by atoms with Crippen LogP contribution in [0.4, 0.5) is 0 Å². The van der Waals surface area contributed by atoms with Crippen molar-refractivity contribution in [2.75, 3.05) is 12.4 Å². The minimum absolute atomic E-state index is 0.0204. The maximum absolute atomic E-state index is 11.8. The van der Waals surface area contributed by atoms with Crippen LogP contribution in [0, 0.1) is 5.41 Å². The fourth-order valence-electron chi connectivity index (χ4n) is 1.78. The Kier molecular flexibility index (Phi) is 5.06. The fraction of sp³-hybridized carbons (Fsp3) is 0.917. The number of alkyl halides is 1. The number of carbonyl (C=O) groups is 1. The quantitative estimate of drug-likeness (QED) is 0.758. The van der Waals surface area contributed by atoms with Crippen LogP contribution in [-0.2, 0) is 9.53 Å². The van der Waals surface area contributed by atoms with Gasteiger partial charge >= 0.3 is 0 Å². The van der Waals surface area contributed by atoms with Crippen molar-refractivity contribution >= 4 is 17.5 Å². The summed E-state index contributed by atoms with van der Waals surface area (Å²) < 4.78 is 5.51. The molecule has 1 rings (SSSR count). The normalized spacial score (nSPS) is 25.8. The van der Waals surface area contributed by atoms with E-state index in [0.717, 1.165) is 19.3 Å². The van der Waals surface area contributed by atoms with E-state index in [0.29, 0.717) is 12.4 Å². The minimum atomic E-state index is -0.248. The molecule has 1 aliphatic heterocycles. The van der Waals surface area contributed by atoms with Gasteiger partial charge in [-0.3, -0.25) is 4.79 Å². The Bertz CT molecular complexity index is 243. The maximum atomic E-state index is 11.8. The zero-order chi connectivity index (χ0) is 12.2. The van der Waals surface area contributed by atoms with E-state index >= 15 is 0 Å². The molecule has 0 aromatic rings. The lowest BCUT2D eigenvalue weighted by atomic mass is 9.90. The first-order chi connectivity index (χ1) is 7.44. The second-order valence-corrected chi connectivity index (χ2v) is 5.71. The van der Waals surface area contributed by atoms with Crippen LogP contribution < -0.4 is 5.32 Å². The summed E-state index contributed by atoms with van der Waals surface area (Å²) in [4.78, 5) is 11.8. The zero-order valence-electron chi connectivity index (χ0n) is 10.4. The van der Waals surface area contributed by atoms with Gasteiger partial charge in [0.05, 0.1) is 6.10 Å². The molecule has 1 amide bonds. The van der Waals surface area contributed by atoms with Crippen LogP contribution in [0.5, 0.6) is 0 Å². The molecule has 3 nitrogen and oxygen atoms in total. The molecule has 1 N–H and O–H groups in total. The summed E-state index contributed by atoms with van der Waals surface area (Å²) in [5, 5.41) is 2.95. The highest BCUT2D eigenvalue weighted by Crippen LogP contribution is 2.21.